The number of nitrogens with zero attached hydrogens (tertiary/aromatic N) is 4. The molecule has 250 valence electrons. The van der Waals surface area contributed by atoms with Crippen molar-refractivity contribution >= 4 is 30.0 Å². The Labute approximate surface area is 260 Å². The number of nitrogens with one attached hydrogen (secondary N) is 1. The Bertz CT molecular complexity index is 1010. The van der Waals surface area contributed by atoms with E-state index in [4.69, 9.17) is 30.1 Å². The molecule has 3 heterocycles. The van der Waals surface area contributed by atoms with Gasteiger partial charge in [-0.2, -0.15) is 0 Å². The quantitative estimate of drug-likeness (QED) is 0.133. The van der Waals surface area contributed by atoms with Crippen LogP contribution in [0.15, 0.2) is 0 Å². The van der Waals surface area contributed by atoms with Crippen LogP contribution in [-0.2, 0) is 28.5 Å². The summed E-state index contributed by atoms with van der Waals surface area (Å²) in [5.41, 5.74) is 5.24. The third kappa shape index (κ3) is 10.5. The average Bonchev–Trinajstić information content (AvgIpc) is 3.29. The van der Waals surface area contributed by atoms with E-state index in [0.717, 1.165) is 19.3 Å². The minimum absolute atomic E-state index is 0.0391. The number of cyclic esters (lactones) is 1. The number of piperidine rings is 1. The van der Waals surface area contributed by atoms with Crippen LogP contribution in [0.5, 0.6) is 0 Å². The van der Waals surface area contributed by atoms with Gasteiger partial charge in [-0.25, -0.2) is 9.59 Å². The Hall–Kier alpha value is -3.13. The van der Waals surface area contributed by atoms with Crippen LogP contribution in [0.2, 0.25) is 0 Å². The second-order valence-corrected chi connectivity index (χ2v) is 12.7. The van der Waals surface area contributed by atoms with Crippen molar-refractivity contribution in [3.63, 3.8) is 0 Å². The molecule has 4 unspecified atom stereocenters. The lowest BCUT2D eigenvalue weighted by Crippen LogP contribution is -2.54. The molecule has 0 aliphatic carbocycles. The number of hydrogen-bond donors (Lipinski definition) is 2. The fraction of sp³-hybridized carbons (Fsp3) is 0.833. The zero-order valence-electron chi connectivity index (χ0n) is 27.0. The van der Waals surface area contributed by atoms with Gasteiger partial charge in [-0.15, -0.1) is 0 Å². The molecule has 0 spiro atoms. The molecule has 0 saturated carbocycles. The van der Waals surface area contributed by atoms with E-state index in [1.54, 1.807) is 23.6 Å². The highest BCUT2D eigenvalue weighted by molar-refractivity contribution is 5.86. The van der Waals surface area contributed by atoms with E-state index in [1.165, 1.54) is 0 Å². The number of amidine groups is 1. The number of nitrogens with two attached hydrogens (primary N) is 1. The van der Waals surface area contributed by atoms with Gasteiger partial charge < -0.3 is 29.6 Å². The first kappa shape index (κ1) is 35.4. The topological polar surface area (TPSA) is 168 Å². The van der Waals surface area contributed by atoms with Gasteiger partial charge in [0.25, 0.3) is 0 Å². The zero-order chi connectivity index (χ0) is 32.4. The molecule has 2 amide bonds. The molecule has 14 nitrogen and oxygen atoms in total. The number of ether oxygens (including phenoxy) is 4. The Morgan fingerprint density at radius 2 is 1.75 bits per heavy atom. The maximum atomic E-state index is 12.6. The van der Waals surface area contributed by atoms with E-state index in [-0.39, 0.29) is 43.6 Å². The second-order valence-electron chi connectivity index (χ2n) is 12.7. The Morgan fingerprint density at radius 1 is 1.07 bits per heavy atom. The third-order valence-electron chi connectivity index (χ3n) is 8.22. The molecule has 14 heteroatoms. The van der Waals surface area contributed by atoms with Crippen molar-refractivity contribution in [3.05, 3.63) is 0 Å². The van der Waals surface area contributed by atoms with E-state index in [2.05, 4.69) is 4.90 Å². The van der Waals surface area contributed by atoms with Gasteiger partial charge in [-0.3, -0.25) is 29.7 Å². The van der Waals surface area contributed by atoms with Crippen molar-refractivity contribution in [1.29, 1.82) is 5.41 Å². The van der Waals surface area contributed by atoms with Crippen molar-refractivity contribution in [3.8, 4) is 0 Å². The maximum absolute atomic E-state index is 12.6. The molecule has 0 aromatic rings. The second kappa shape index (κ2) is 16.3. The molecule has 0 aromatic carbocycles. The van der Waals surface area contributed by atoms with E-state index >= 15 is 0 Å². The lowest BCUT2D eigenvalue weighted by Gasteiger charge is -2.39. The van der Waals surface area contributed by atoms with Crippen LogP contribution >= 0.6 is 0 Å². The molecule has 3 aliphatic heterocycles. The molecule has 4 atom stereocenters. The number of carbonyl (C=O) groups excluding carboxylic acids is 4. The summed E-state index contributed by atoms with van der Waals surface area (Å²) in [7, 11) is 0. The predicted octanol–water partition coefficient (Wildman–Crippen LogP) is 2.04. The minimum atomic E-state index is -0.675. The lowest BCUT2D eigenvalue weighted by molar-refractivity contribution is -0.157. The molecule has 3 saturated heterocycles. The van der Waals surface area contributed by atoms with Gasteiger partial charge in [-0.05, 0) is 66.2 Å². The van der Waals surface area contributed by atoms with E-state index < -0.39 is 35.7 Å². The van der Waals surface area contributed by atoms with Gasteiger partial charge in [0.05, 0.1) is 32.2 Å². The van der Waals surface area contributed by atoms with Crippen molar-refractivity contribution < 1.29 is 38.1 Å². The molecule has 3 fully saturated rings. The van der Waals surface area contributed by atoms with Gasteiger partial charge in [-0.1, -0.05) is 0 Å². The first-order valence-corrected chi connectivity index (χ1v) is 15.9. The molecule has 3 rings (SSSR count). The number of amides is 2. The molecule has 0 aromatic heterocycles. The highest BCUT2D eigenvalue weighted by atomic mass is 16.6. The normalized spacial score (nSPS) is 24.0. The van der Waals surface area contributed by atoms with Crippen LogP contribution in [0.25, 0.3) is 0 Å². The fourth-order valence-electron chi connectivity index (χ4n) is 6.08. The lowest BCUT2D eigenvalue weighted by atomic mass is 9.87. The van der Waals surface area contributed by atoms with Gasteiger partial charge in [0.1, 0.15) is 23.6 Å². The Balaban J connectivity index is 1.41. The van der Waals surface area contributed by atoms with Crippen LogP contribution in [0.3, 0.4) is 0 Å². The number of carbonyl (C=O) groups is 4. The predicted molar refractivity (Wildman–Crippen MR) is 162 cm³/mol. The molecule has 3 aliphatic rings. The summed E-state index contributed by atoms with van der Waals surface area (Å²) in [4.78, 5) is 57.4. The Kier molecular flexibility index (Phi) is 13.1. The number of hydrogen-bond acceptors (Lipinski definition) is 11. The highest BCUT2D eigenvalue weighted by Gasteiger charge is 2.38. The van der Waals surface area contributed by atoms with E-state index in [9.17, 15) is 19.2 Å². The van der Waals surface area contributed by atoms with Crippen LogP contribution in [0.4, 0.5) is 9.59 Å². The summed E-state index contributed by atoms with van der Waals surface area (Å²) in [6.45, 7) is 14.1. The zero-order valence-corrected chi connectivity index (χ0v) is 27.0. The third-order valence-corrected chi connectivity index (χ3v) is 8.22. The fourth-order valence-corrected chi connectivity index (χ4v) is 6.08. The standard InChI is InChI=1S/C30H52N6O8/c1-6-41-25(37)18-24(27(38)42-7-2)34-15-13-33(14-16-34)19-22-20-35(28(39)43-22)11-8-9-21-10-12-36(23(17-21)26(31)32)29(40)44-30(3,4)5/h21-24H,6-20H2,1-5H3,(H3,31,32). The summed E-state index contributed by atoms with van der Waals surface area (Å²) < 4.78 is 21.4. The Morgan fingerprint density at radius 3 is 2.36 bits per heavy atom. The van der Waals surface area contributed by atoms with Gasteiger partial charge in [0.2, 0.25) is 0 Å². The SMILES string of the molecule is CCOC(=O)CC(C(=O)OCC)N1CCN(CC2CN(CCCC3CCN(C(=O)OC(C)(C)C)C(C(=N)N)C3)C(=O)O2)CC1. The number of piperazine rings is 1. The number of likely N-dealkylation sites (tertiary alicyclic amines) is 1. The first-order valence-electron chi connectivity index (χ1n) is 15.9. The summed E-state index contributed by atoms with van der Waals surface area (Å²) in [6, 6.07) is -1.16. The number of rotatable bonds is 13. The van der Waals surface area contributed by atoms with Crippen LogP contribution in [0.1, 0.15) is 66.7 Å². The van der Waals surface area contributed by atoms with Gasteiger partial charge in [0.15, 0.2) is 0 Å². The molecule has 44 heavy (non-hydrogen) atoms. The van der Waals surface area contributed by atoms with Crippen molar-refractivity contribution in [2.75, 3.05) is 65.6 Å². The monoisotopic (exact) mass is 624 g/mol. The molecular weight excluding hydrogens is 572 g/mol. The minimum Gasteiger partial charge on any atom is -0.466 e. The van der Waals surface area contributed by atoms with Crippen LogP contribution in [-0.4, -0.2) is 139 Å². The largest absolute Gasteiger partial charge is 0.466 e. The maximum Gasteiger partial charge on any atom is 0.410 e. The van der Waals surface area contributed by atoms with E-state index in [1.807, 2.05) is 25.7 Å². The smallest absolute Gasteiger partial charge is 0.410 e. The van der Waals surface area contributed by atoms with Crippen molar-refractivity contribution in [2.24, 2.45) is 11.7 Å². The van der Waals surface area contributed by atoms with Crippen LogP contribution in [0, 0.1) is 11.3 Å². The highest BCUT2D eigenvalue weighted by Crippen LogP contribution is 2.28. The van der Waals surface area contributed by atoms with Crippen molar-refractivity contribution in [2.45, 2.75) is 90.5 Å². The number of esters is 2. The molecule has 0 bridgehead atoms. The molecular formula is C30H52N6O8. The van der Waals surface area contributed by atoms with Crippen molar-refractivity contribution in [1.82, 2.24) is 19.6 Å². The molecule has 3 N–H and O–H groups in total. The van der Waals surface area contributed by atoms with Crippen LogP contribution < -0.4 is 5.73 Å². The van der Waals surface area contributed by atoms with Gasteiger partial charge >= 0.3 is 24.1 Å². The van der Waals surface area contributed by atoms with E-state index in [0.29, 0.717) is 58.8 Å². The molecule has 0 radical (unpaired) electrons. The summed E-state index contributed by atoms with van der Waals surface area (Å²) in [5, 5.41) is 8.02. The summed E-state index contributed by atoms with van der Waals surface area (Å²) in [6.07, 6.45) is 2.00. The average molecular weight is 625 g/mol. The summed E-state index contributed by atoms with van der Waals surface area (Å²) >= 11 is 0. The van der Waals surface area contributed by atoms with Gasteiger partial charge in [0, 0.05) is 45.8 Å². The first-order chi connectivity index (χ1) is 20.8. The summed E-state index contributed by atoms with van der Waals surface area (Å²) in [5.74, 6) is -0.589.